The van der Waals surface area contributed by atoms with Crippen molar-refractivity contribution in [1.29, 1.82) is 5.26 Å². The van der Waals surface area contributed by atoms with Crippen molar-refractivity contribution in [2.24, 2.45) is 0 Å². The Balaban J connectivity index is 2.52. The average molecular weight is 209 g/mol. The van der Waals surface area contributed by atoms with Crippen LogP contribution in [0.5, 0.6) is 0 Å². The summed E-state index contributed by atoms with van der Waals surface area (Å²) in [5.41, 5.74) is -0.387. The number of hydrogen-bond donors (Lipinski definition) is 1. The number of rotatable bonds is 6. The number of nitrogens with zero attached hydrogens (tertiary/aromatic N) is 2. The van der Waals surface area contributed by atoms with Crippen molar-refractivity contribution in [3.63, 3.8) is 0 Å². The minimum absolute atomic E-state index is 0.387. The molecule has 0 amide bonds. The van der Waals surface area contributed by atoms with E-state index in [9.17, 15) is 0 Å². The second-order valence-electron chi connectivity index (χ2n) is 4.81. The monoisotopic (exact) mass is 209 g/mol. The van der Waals surface area contributed by atoms with Gasteiger partial charge in [-0.25, -0.2) is 0 Å². The molecule has 1 saturated carbocycles. The molecule has 1 fully saturated rings. The molecule has 0 spiro atoms. The lowest BCUT2D eigenvalue weighted by Crippen LogP contribution is -2.46. The second kappa shape index (κ2) is 4.96. The predicted octanol–water partition coefficient (Wildman–Crippen LogP) is 1.75. The molecule has 0 saturated heterocycles. The van der Waals surface area contributed by atoms with Gasteiger partial charge in [0.2, 0.25) is 0 Å². The third kappa shape index (κ3) is 3.19. The summed E-state index contributed by atoms with van der Waals surface area (Å²) in [7, 11) is 1.86. The van der Waals surface area contributed by atoms with Crippen LogP contribution in [0.4, 0.5) is 0 Å². The standard InChI is InChI=1S/C12H23N3/c1-5-15(11-6-7-11)10(2)8-12(3,9-13)14-4/h10-11,14H,5-8H2,1-4H3. The molecule has 1 rings (SSSR count). The normalized spacial score (nSPS) is 22.1. The van der Waals surface area contributed by atoms with E-state index < -0.39 is 0 Å². The van der Waals surface area contributed by atoms with E-state index in [1.54, 1.807) is 0 Å². The molecule has 1 N–H and O–H groups in total. The zero-order valence-corrected chi connectivity index (χ0v) is 10.4. The molecule has 1 aliphatic rings. The molecule has 3 heteroatoms. The first kappa shape index (κ1) is 12.5. The van der Waals surface area contributed by atoms with Crippen LogP contribution < -0.4 is 5.32 Å². The molecule has 0 aliphatic heterocycles. The van der Waals surface area contributed by atoms with Crippen LogP contribution in [0.2, 0.25) is 0 Å². The van der Waals surface area contributed by atoms with Crippen LogP contribution in [0.25, 0.3) is 0 Å². The van der Waals surface area contributed by atoms with E-state index in [1.165, 1.54) is 12.8 Å². The highest BCUT2D eigenvalue weighted by Gasteiger charge is 2.34. The fraction of sp³-hybridized carbons (Fsp3) is 0.917. The first-order chi connectivity index (χ1) is 7.06. The van der Waals surface area contributed by atoms with E-state index in [0.29, 0.717) is 6.04 Å². The molecule has 0 bridgehead atoms. The van der Waals surface area contributed by atoms with Crippen LogP contribution in [0.15, 0.2) is 0 Å². The van der Waals surface area contributed by atoms with Gasteiger partial charge in [0, 0.05) is 12.1 Å². The highest BCUT2D eigenvalue weighted by molar-refractivity contribution is 5.05. The van der Waals surface area contributed by atoms with Gasteiger partial charge in [-0.15, -0.1) is 0 Å². The van der Waals surface area contributed by atoms with Crippen LogP contribution in [-0.4, -0.2) is 36.1 Å². The smallest absolute Gasteiger partial charge is 0.105 e. The molecule has 0 aromatic carbocycles. The molecule has 2 unspecified atom stereocenters. The number of hydrogen-bond acceptors (Lipinski definition) is 3. The maximum Gasteiger partial charge on any atom is 0.105 e. The van der Waals surface area contributed by atoms with E-state index in [1.807, 2.05) is 14.0 Å². The molecule has 0 heterocycles. The topological polar surface area (TPSA) is 39.1 Å². The highest BCUT2D eigenvalue weighted by atomic mass is 15.2. The Hall–Kier alpha value is -0.590. The Labute approximate surface area is 93.5 Å². The molecule has 0 aromatic rings. The fourth-order valence-electron chi connectivity index (χ4n) is 2.25. The van der Waals surface area contributed by atoms with Crippen LogP contribution in [-0.2, 0) is 0 Å². The minimum atomic E-state index is -0.387. The van der Waals surface area contributed by atoms with Crippen molar-refractivity contribution in [3.8, 4) is 6.07 Å². The van der Waals surface area contributed by atoms with Gasteiger partial charge in [-0.05, 0) is 46.7 Å². The van der Waals surface area contributed by atoms with Gasteiger partial charge in [0.1, 0.15) is 5.54 Å². The zero-order chi connectivity index (χ0) is 11.5. The molecule has 0 radical (unpaired) electrons. The SMILES string of the molecule is CCN(C(C)CC(C)(C#N)NC)C1CC1. The minimum Gasteiger partial charge on any atom is -0.303 e. The summed E-state index contributed by atoms with van der Waals surface area (Å²) < 4.78 is 0. The van der Waals surface area contributed by atoms with E-state index >= 15 is 0 Å². The average Bonchev–Trinajstić information content (AvgIpc) is 3.03. The van der Waals surface area contributed by atoms with Crippen LogP contribution in [0.1, 0.15) is 40.0 Å². The molecular weight excluding hydrogens is 186 g/mol. The quantitative estimate of drug-likeness (QED) is 0.724. The summed E-state index contributed by atoms with van der Waals surface area (Å²) in [6.45, 7) is 7.51. The van der Waals surface area contributed by atoms with Gasteiger partial charge in [0.05, 0.1) is 6.07 Å². The van der Waals surface area contributed by atoms with Crippen molar-refractivity contribution in [3.05, 3.63) is 0 Å². The van der Waals surface area contributed by atoms with Crippen molar-refractivity contribution in [2.75, 3.05) is 13.6 Å². The van der Waals surface area contributed by atoms with Crippen LogP contribution in [0.3, 0.4) is 0 Å². The van der Waals surface area contributed by atoms with Gasteiger partial charge in [0.15, 0.2) is 0 Å². The number of nitrogens with one attached hydrogen (secondary N) is 1. The summed E-state index contributed by atoms with van der Waals surface area (Å²) in [4.78, 5) is 2.52. The van der Waals surface area contributed by atoms with Gasteiger partial charge in [-0.1, -0.05) is 6.92 Å². The summed E-state index contributed by atoms with van der Waals surface area (Å²) in [5.74, 6) is 0. The summed E-state index contributed by atoms with van der Waals surface area (Å²) in [6.07, 6.45) is 3.56. The van der Waals surface area contributed by atoms with Crippen molar-refractivity contribution >= 4 is 0 Å². The lowest BCUT2D eigenvalue weighted by Gasteiger charge is -2.33. The van der Waals surface area contributed by atoms with Crippen molar-refractivity contribution in [2.45, 2.75) is 57.7 Å². The summed E-state index contributed by atoms with van der Waals surface area (Å²) >= 11 is 0. The Morgan fingerprint density at radius 2 is 2.20 bits per heavy atom. The van der Waals surface area contributed by atoms with Crippen LogP contribution in [0, 0.1) is 11.3 Å². The lowest BCUT2D eigenvalue weighted by atomic mass is 9.94. The maximum atomic E-state index is 9.11. The second-order valence-corrected chi connectivity index (χ2v) is 4.81. The zero-order valence-electron chi connectivity index (χ0n) is 10.4. The van der Waals surface area contributed by atoms with Crippen LogP contribution >= 0.6 is 0 Å². The Bertz CT molecular complexity index is 242. The largest absolute Gasteiger partial charge is 0.303 e. The van der Waals surface area contributed by atoms with Crippen molar-refractivity contribution < 1.29 is 0 Å². The first-order valence-corrected chi connectivity index (χ1v) is 5.92. The van der Waals surface area contributed by atoms with E-state index in [-0.39, 0.29) is 5.54 Å². The molecule has 3 nitrogen and oxygen atoms in total. The molecule has 0 aromatic heterocycles. The summed E-state index contributed by atoms with van der Waals surface area (Å²) in [6, 6.07) is 3.63. The fourth-order valence-corrected chi connectivity index (χ4v) is 2.25. The Morgan fingerprint density at radius 1 is 1.60 bits per heavy atom. The van der Waals surface area contributed by atoms with E-state index in [0.717, 1.165) is 19.0 Å². The molecule has 86 valence electrons. The third-order valence-corrected chi connectivity index (χ3v) is 3.45. The van der Waals surface area contributed by atoms with Gasteiger partial charge in [-0.2, -0.15) is 5.26 Å². The predicted molar refractivity (Wildman–Crippen MR) is 62.6 cm³/mol. The van der Waals surface area contributed by atoms with Gasteiger partial charge in [-0.3, -0.25) is 4.90 Å². The Kier molecular flexibility index (Phi) is 4.12. The van der Waals surface area contributed by atoms with E-state index in [2.05, 4.69) is 30.1 Å². The molecule has 15 heavy (non-hydrogen) atoms. The first-order valence-electron chi connectivity index (χ1n) is 5.92. The lowest BCUT2D eigenvalue weighted by molar-refractivity contribution is 0.178. The van der Waals surface area contributed by atoms with Gasteiger partial charge >= 0.3 is 0 Å². The molecule has 2 atom stereocenters. The molecule has 1 aliphatic carbocycles. The summed E-state index contributed by atoms with van der Waals surface area (Å²) in [5, 5.41) is 12.2. The van der Waals surface area contributed by atoms with Gasteiger partial charge < -0.3 is 5.32 Å². The molecular formula is C12H23N3. The maximum absolute atomic E-state index is 9.11. The van der Waals surface area contributed by atoms with Crippen molar-refractivity contribution in [1.82, 2.24) is 10.2 Å². The Morgan fingerprint density at radius 3 is 2.53 bits per heavy atom. The van der Waals surface area contributed by atoms with E-state index in [4.69, 9.17) is 5.26 Å². The number of nitriles is 1. The third-order valence-electron chi connectivity index (χ3n) is 3.45. The van der Waals surface area contributed by atoms with Gasteiger partial charge in [0.25, 0.3) is 0 Å². The highest BCUT2D eigenvalue weighted by Crippen LogP contribution is 2.30.